The molecule has 3 aromatic rings. The molecule has 0 saturated carbocycles. The lowest BCUT2D eigenvalue weighted by Crippen LogP contribution is -2.32. The van der Waals surface area contributed by atoms with Gasteiger partial charge in [-0.15, -0.1) is 22.7 Å². The number of esters is 1. The summed E-state index contributed by atoms with van der Waals surface area (Å²) in [5, 5.41) is 6.68. The van der Waals surface area contributed by atoms with Gasteiger partial charge in [0.1, 0.15) is 5.82 Å². The molecule has 0 bridgehead atoms. The zero-order chi connectivity index (χ0) is 19.9. The van der Waals surface area contributed by atoms with Gasteiger partial charge in [0.05, 0.1) is 6.04 Å². The van der Waals surface area contributed by atoms with E-state index in [2.05, 4.69) is 5.32 Å². The molecule has 1 amide bonds. The molecular formula is C21H18FNO3S2. The predicted octanol–water partition coefficient (Wildman–Crippen LogP) is 4.72. The molecule has 0 aliphatic heterocycles. The second-order valence-electron chi connectivity index (χ2n) is 5.98. The largest absolute Gasteiger partial charge is 0.452 e. The SMILES string of the molecule is Cc1ccsc1/C=C/C(=O)OCC(=O)N[C@@H](c1ccc(F)cc1)c1cccs1. The number of amides is 1. The minimum Gasteiger partial charge on any atom is -0.452 e. The molecule has 0 spiro atoms. The monoisotopic (exact) mass is 415 g/mol. The van der Waals surface area contributed by atoms with Crippen molar-refractivity contribution in [1.82, 2.24) is 5.32 Å². The molecule has 0 radical (unpaired) electrons. The Morgan fingerprint density at radius 2 is 1.93 bits per heavy atom. The lowest BCUT2D eigenvalue weighted by molar-refractivity contribution is -0.143. The molecule has 0 fully saturated rings. The summed E-state index contributed by atoms with van der Waals surface area (Å²) in [6.45, 7) is 1.56. The Bertz CT molecular complexity index is 962. The standard InChI is InChI=1S/C21H18FNO3S2/c1-14-10-12-28-17(14)8-9-20(25)26-13-19(24)23-21(18-3-2-11-27-18)15-4-6-16(22)7-5-15/h2-12,21H,13H2,1H3,(H,23,24)/b9-8+/t21-/m0/s1. The van der Waals surface area contributed by atoms with Gasteiger partial charge in [0.25, 0.3) is 5.91 Å². The Hall–Kier alpha value is -2.77. The van der Waals surface area contributed by atoms with Gasteiger partial charge in [0, 0.05) is 15.8 Å². The van der Waals surface area contributed by atoms with Crippen LogP contribution in [0.25, 0.3) is 6.08 Å². The highest BCUT2D eigenvalue weighted by atomic mass is 32.1. The lowest BCUT2D eigenvalue weighted by atomic mass is 10.1. The molecule has 0 aliphatic carbocycles. The Labute approximate surface area is 170 Å². The number of hydrogen-bond donors (Lipinski definition) is 1. The number of carbonyl (C=O) groups excluding carboxylic acids is 2. The number of benzene rings is 1. The Balaban J connectivity index is 1.59. The van der Waals surface area contributed by atoms with Gasteiger partial charge in [-0.3, -0.25) is 4.79 Å². The molecule has 0 saturated heterocycles. The topological polar surface area (TPSA) is 55.4 Å². The van der Waals surface area contributed by atoms with Crippen LogP contribution in [0.2, 0.25) is 0 Å². The summed E-state index contributed by atoms with van der Waals surface area (Å²) in [4.78, 5) is 26.0. The Morgan fingerprint density at radius 3 is 2.57 bits per heavy atom. The van der Waals surface area contributed by atoms with E-state index in [0.29, 0.717) is 0 Å². The van der Waals surface area contributed by atoms with E-state index >= 15 is 0 Å². The van der Waals surface area contributed by atoms with Crippen LogP contribution in [0, 0.1) is 12.7 Å². The Morgan fingerprint density at radius 1 is 1.14 bits per heavy atom. The van der Waals surface area contributed by atoms with Gasteiger partial charge in [-0.05, 0) is 59.2 Å². The van der Waals surface area contributed by atoms with E-state index in [1.807, 2.05) is 35.9 Å². The first-order valence-electron chi connectivity index (χ1n) is 8.50. The highest BCUT2D eigenvalue weighted by Gasteiger charge is 2.18. The van der Waals surface area contributed by atoms with Crippen molar-refractivity contribution in [2.24, 2.45) is 0 Å². The third-order valence-corrected chi connectivity index (χ3v) is 5.88. The number of ether oxygens (including phenoxy) is 1. The summed E-state index contributed by atoms with van der Waals surface area (Å²) in [7, 11) is 0. The van der Waals surface area contributed by atoms with Crippen LogP contribution in [0.5, 0.6) is 0 Å². The van der Waals surface area contributed by atoms with Crippen LogP contribution in [-0.4, -0.2) is 18.5 Å². The van der Waals surface area contributed by atoms with Crippen LogP contribution in [0.15, 0.2) is 59.3 Å². The van der Waals surface area contributed by atoms with Gasteiger partial charge in [0.2, 0.25) is 0 Å². The summed E-state index contributed by atoms with van der Waals surface area (Å²) in [5.74, 6) is -1.36. The molecule has 2 aromatic heterocycles. The number of hydrogen-bond acceptors (Lipinski definition) is 5. The molecule has 28 heavy (non-hydrogen) atoms. The average Bonchev–Trinajstić information content (AvgIpc) is 3.35. The molecule has 2 heterocycles. The maximum atomic E-state index is 13.2. The van der Waals surface area contributed by atoms with Gasteiger partial charge in [-0.1, -0.05) is 18.2 Å². The first-order valence-corrected chi connectivity index (χ1v) is 10.3. The van der Waals surface area contributed by atoms with Gasteiger partial charge in [-0.25, -0.2) is 9.18 Å². The lowest BCUT2D eigenvalue weighted by Gasteiger charge is -2.18. The maximum Gasteiger partial charge on any atom is 0.331 e. The zero-order valence-corrected chi connectivity index (χ0v) is 16.7. The molecule has 1 atom stereocenters. The van der Waals surface area contributed by atoms with Gasteiger partial charge < -0.3 is 10.1 Å². The van der Waals surface area contributed by atoms with Gasteiger partial charge in [0.15, 0.2) is 6.61 Å². The van der Waals surface area contributed by atoms with Crippen LogP contribution < -0.4 is 5.32 Å². The maximum absolute atomic E-state index is 13.2. The molecule has 0 unspecified atom stereocenters. The van der Waals surface area contributed by atoms with Crippen molar-refractivity contribution in [2.75, 3.05) is 6.61 Å². The summed E-state index contributed by atoms with van der Waals surface area (Å²) in [6, 6.07) is 11.2. The fraction of sp³-hybridized carbons (Fsp3) is 0.143. The fourth-order valence-corrected chi connectivity index (χ4v) is 4.14. The van der Waals surface area contributed by atoms with Crippen molar-refractivity contribution in [2.45, 2.75) is 13.0 Å². The van der Waals surface area contributed by atoms with Gasteiger partial charge >= 0.3 is 5.97 Å². The van der Waals surface area contributed by atoms with Crippen molar-refractivity contribution < 1.29 is 18.7 Å². The molecule has 0 aliphatic rings. The number of rotatable bonds is 7. The van der Waals surface area contributed by atoms with Crippen LogP contribution in [0.4, 0.5) is 4.39 Å². The minimum atomic E-state index is -0.586. The highest BCUT2D eigenvalue weighted by Crippen LogP contribution is 2.26. The van der Waals surface area contributed by atoms with Crippen LogP contribution in [0.1, 0.15) is 26.9 Å². The summed E-state index contributed by atoms with van der Waals surface area (Å²) in [6.07, 6.45) is 2.98. The fourth-order valence-electron chi connectivity index (χ4n) is 2.52. The molecular weight excluding hydrogens is 397 g/mol. The smallest absolute Gasteiger partial charge is 0.331 e. The third-order valence-electron chi connectivity index (χ3n) is 3.95. The van der Waals surface area contributed by atoms with E-state index in [1.54, 1.807) is 18.2 Å². The second kappa shape index (κ2) is 9.43. The summed E-state index contributed by atoms with van der Waals surface area (Å²) < 4.78 is 18.2. The van der Waals surface area contributed by atoms with E-state index in [1.165, 1.54) is 40.9 Å². The predicted molar refractivity (Wildman–Crippen MR) is 110 cm³/mol. The number of carbonyl (C=O) groups is 2. The van der Waals surface area contributed by atoms with E-state index in [9.17, 15) is 14.0 Å². The number of nitrogens with one attached hydrogen (secondary N) is 1. The van der Waals surface area contributed by atoms with Crippen molar-refractivity contribution in [3.8, 4) is 0 Å². The molecule has 4 nitrogen and oxygen atoms in total. The first kappa shape index (κ1) is 20.0. The molecule has 3 rings (SSSR count). The highest BCUT2D eigenvalue weighted by molar-refractivity contribution is 7.11. The number of thiophene rings is 2. The van der Waals surface area contributed by atoms with Crippen molar-refractivity contribution in [1.29, 1.82) is 0 Å². The Kier molecular flexibility index (Phi) is 6.73. The van der Waals surface area contributed by atoms with Crippen LogP contribution >= 0.6 is 22.7 Å². The van der Waals surface area contributed by atoms with Crippen molar-refractivity contribution in [3.05, 3.63) is 86.0 Å². The van der Waals surface area contributed by atoms with Crippen LogP contribution in [0.3, 0.4) is 0 Å². The van der Waals surface area contributed by atoms with Crippen molar-refractivity contribution >= 4 is 40.6 Å². The van der Waals surface area contributed by atoms with E-state index in [0.717, 1.165) is 20.9 Å². The van der Waals surface area contributed by atoms with E-state index in [4.69, 9.17) is 4.74 Å². The summed E-state index contributed by atoms with van der Waals surface area (Å²) >= 11 is 3.00. The summed E-state index contributed by atoms with van der Waals surface area (Å²) in [5.41, 5.74) is 1.82. The first-order chi connectivity index (χ1) is 13.5. The van der Waals surface area contributed by atoms with E-state index in [-0.39, 0.29) is 5.82 Å². The van der Waals surface area contributed by atoms with Crippen LogP contribution in [-0.2, 0) is 14.3 Å². The zero-order valence-electron chi connectivity index (χ0n) is 15.1. The normalized spacial score (nSPS) is 12.1. The molecule has 144 valence electrons. The van der Waals surface area contributed by atoms with Gasteiger partial charge in [-0.2, -0.15) is 0 Å². The number of halogens is 1. The second-order valence-corrected chi connectivity index (χ2v) is 7.90. The van der Waals surface area contributed by atoms with Crippen molar-refractivity contribution in [3.63, 3.8) is 0 Å². The molecule has 1 aromatic carbocycles. The third kappa shape index (κ3) is 5.37. The quantitative estimate of drug-likeness (QED) is 0.449. The minimum absolute atomic E-state index is 0.346. The average molecular weight is 416 g/mol. The number of aryl methyl sites for hydroxylation is 1. The molecule has 1 N–H and O–H groups in total. The molecule has 7 heteroatoms. The van der Waals surface area contributed by atoms with E-state index < -0.39 is 24.5 Å².